The molecular weight excluding hydrogens is 328 g/mol. The summed E-state index contributed by atoms with van der Waals surface area (Å²) in [6.07, 6.45) is 5.54. The molecule has 0 heterocycles. The molecule has 7 nitrogen and oxygen atoms in total. The van der Waals surface area contributed by atoms with Crippen LogP contribution < -0.4 is 0 Å². The lowest BCUT2D eigenvalue weighted by molar-refractivity contribution is -0.192. The number of carboxylic acid groups (broad SMARTS) is 1. The lowest BCUT2D eigenvalue weighted by Gasteiger charge is -2.14. The first kappa shape index (κ1) is 24.3. The van der Waals surface area contributed by atoms with Crippen LogP contribution in [0.2, 0.25) is 0 Å². The summed E-state index contributed by atoms with van der Waals surface area (Å²) in [6, 6.07) is 0. The van der Waals surface area contributed by atoms with Crippen molar-refractivity contribution in [3.63, 3.8) is 0 Å². The summed E-state index contributed by atoms with van der Waals surface area (Å²) in [6.45, 7) is 7.71. The van der Waals surface area contributed by atoms with E-state index in [2.05, 4.69) is 6.92 Å². The molecule has 0 amide bonds. The predicted molar refractivity (Wildman–Crippen MR) is 94.8 cm³/mol. The Hall–Kier alpha value is -0.730. The number of aliphatic carboxylic acids is 1. The number of rotatable bonds is 20. The van der Waals surface area contributed by atoms with E-state index >= 15 is 0 Å². The van der Waals surface area contributed by atoms with Crippen molar-refractivity contribution in [2.45, 2.75) is 58.7 Å². The van der Waals surface area contributed by atoms with Crippen molar-refractivity contribution in [1.29, 1.82) is 0 Å². The Morgan fingerprint density at radius 2 is 1.24 bits per heavy atom. The van der Waals surface area contributed by atoms with E-state index in [0.717, 1.165) is 19.3 Å². The summed E-state index contributed by atoms with van der Waals surface area (Å²) in [5.74, 6) is -1.11. The van der Waals surface area contributed by atoms with Crippen LogP contribution in [-0.4, -0.2) is 70.2 Å². The summed E-state index contributed by atoms with van der Waals surface area (Å²) in [4.78, 5) is 11.1. The fourth-order valence-electron chi connectivity index (χ4n) is 2.06. The second-order valence-electron chi connectivity index (χ2n) is 5.60. The molecule has 0 aromatic heterocycles. The molecule has 0 saturated carbocycles. The number of ether oxygens (including phenoxy) is 5. The molecule has 1 N–H and O–H groups in total. The normalized spacial score (nSPS) is 12.4. The van der Waals surface area contributed by atoms with E-state index in [1.54, 1.807) is 0 Å². The molecule has 0 saturated heterocycles. The molecular formula is C18H36O7. The topological polar surface area (TPSA) is 83.5 Å². The van der Waals surface area contributed by atoms with Crippen molar-refractivity contribution >= 4 is 5.97 Å². The first-order valence-corrected chi connectivity index (χ1v) is 9.41. The van der Waals surface area contributed by atoms with Gasteiger partial charge in [0.05, 0.1) is 46.2 Å². The molecule has 0 radical (unpaired) electrons. The van der Waals surface area contributed by atoms with Gasteiger partial charge in [-0.15, -0.1) is 0 Å². The lowest BCUT2D eigenvalue weighted by atomic mass is 10.1. The Bertz CT molecular complexity index is 287. The monoisotopic (exact) mass is 364 g/mol. The van der Waals surface area contributed by atoms with Gasteiger partial charge in [0.1, 0.15) is 0 Å². The zero-order valence-corrected chi connectivity index (χ0v) is 15.9. The van der Waals surface area contributed by atoms with Crippen molar-refractivity contribution < 1.29 is 33.6 Å². The molecule has 0 fully saturated rings. The highest BCUT2D eigenvalue weighted by Crippen LogP contribution is 2.06. The summed E-state index contributed by atoms with van der Waals surface area (Å²) in [5, 5.41) is 9.07. The minimum absolute atomic E-state index is 0.173. The Labute approximate surface area is 151 Å². The molecule has 150 valence electrons. The van der Waals surface area contributed by atoms with Gasteiger partial charge >= 0.3 is 5.97 Å². The summed E-state index contributed by atoms with van der Waals surface area (Å²) < 4.78 is 26.2. The number of hydrogen-bond donors (Lipinski definition) is 1. The predicted octanol–water partition coefficient (Wildman–Crippen LogP) is 2.86. The molecule has 25 heavy (non-hydrogen) atoms. The molecule has 0 aliphatic rings. The summed E-state index contributed by atoms with van der Waals surface area (Å²) in [5.41, 5.74) is 0. The third-order valence-corrected chi connectivity index (χ3v) is 3.41. The van der Waals surface area contributed by atoms with Crippen molar-refractivity contribution in [3.05, 3.63) is 0 Å². The Balaban J connectivity index is 3.46. The molecule has 0 aliphatic carbocycles. The molecule has 0 rings (SSSR count). The smallest absolute Gasteiger partial charge is 0.361 e. The minimum Gasteiger partial charge on any atom is -0.477 e. The van der Waals surface area contributed by atoms with Crippen LogP contribution in [0.25, 0.3) is 0 Å². The van der Waals surface area contributed by atoms with E-state index in [1.165, 1.54) is 19.3 Å². The Kier molecular flexibility index (Phi) is 19.0. The molecule has 1 unspecified atom stereocenters. The van der Waals surface area contributed by atoms with Crippen LogP contribution in [0.15, 0.2) is 0 Å². The number of unbranched alkanes of at least 4 members (excludes halogenated alkanes) is 5. The average Bonchev–Trinajstić information content (AvgIpc) is 2.60. The summed E-state index contributed by atoms with van der Waals surface area (Å²) in [7, 11) is 0. The summed E-state index contributed by atoms with van der Waals surface area (Å²) >= 11 is 0. The van der Waals surface area contributed by atoms with Gasteiger partial charge < -0.3 is 28.8 Å². The van der Waals surface area contributed by atoms with Crippen LogP contribution in [-0.2, 0) is 28.5 Å². The SMILES string of the molecule is CCCCCCCCOC(OCCOCCOCCOCC)C(=O)O. The van der Waals surface area contributed by atoms with Crippen molar-refractivity contribution in [1.82, 2.24) is 0 Å². The van der Waals surface area contributed by atoms with Crippen molar-refractivity contribution in [3.8, 4) is 0 Å². The van der Waals surface area contributed by atoms with Gasteiger partial charge in [0.2, 0.25) is 0 Å². The van der Waals surface area contributed by atoms with E-state index in [9.17, 15) is 4.79 Å². The van der Waals surface area contributed by atoms with Gasteiger partial charge in [-0.2, -0.15) is 0 Å². The van der Waals surface area contributed by atoms with E-state index in [0.29, 0.717) is 46.2 Å². The molecule has 0 spiro atoms. The third-order valence-electron chi connectivity index (χ3n) is 3.41. The lowest BCUT2D eigenvalue weighted by Crippen LogP contribution is -2.29. The zero-order chi connectivity index (χ0) is 18.6. The molecule has 0 bridgehead atoms. The largest absolute Gasteiger partial charge is 0.477 e. The molecule has 0 aromatic rings. The van der Waals surface area contributed by atoms with Gasteiger partial charge in [-0.05, 0) is 13.3 Å². The second-order valence-corrected chi connectivity index (χ2v) is 5.60. The maximum atomic E-state index is 11.1. The van der Waals surface area contributed by atoms with Crippen LogP contribution in [0, 0.1) is 0 Å². The zero-order valence-electron chi connectivity index (χ0n) is 15.9. The molecule has 1 atom stereocenters. The van der Waals surface area contributed by atoms with E-state index < -0.39 is 12.3 Å². The first-order chi connectivity index (χ1) is 12.2. The maximum Gasteiger partial charge on any atom is 0.361 e. The fraction of sp³-hybridized carbons (Fsp3) is 0.944. The molecule has 0 aliphatic heterocycles. The van der Waals surface area contributed by atoms with Gasteiger partial charge in [-0.1, -0.05) is 39.0 Å². The molecule has 0 aromatic carbocycles. The maximum absolute atomic E-state index is 11.1. The van der Waals surface area contributed by atoms with Gasteiger partial charge in [0.15, 0.2) is 0 Å². The highest BCUT2D eigenvalue weighted by atomic mass is 16.7. The number of hydrogen-bond acceptors (Lipinski definition) is 6. The number of carbonyl (C=O) groups is 1. The standard InChI is InChI=1S/C18H36O7/c1-3-5-6-7-8-9-10-24-18(17(19)20)25-16-15-23-14-13-22-12-11-21-4-2/h18H,3-16H2,1-2H3,(H,19,20). The highest BCUT2D eigenvalue weighted by molar-refractivity contribution is 5.70. The third kappa shape index (κ3) is 17.9. The van der Waals surface area contributed by atoms with E-state index in [1.807, 2.05) is 6.92 Å². The van der Waals surface area contributed by atoms with Crippen LogP contribution in [0.3, 0.4) is 0 Å². The minimum atomic E-state index is -1.22. The highest BCUT2D eigenvalue weighted by Gasteiger charge is 2.18. The van der Waals surface area contributed by atoms with Crippen LogP contribution in [0.1, 0.15) is 52.4 Å². The quantitative estimate of drug-likeness (QED) is 0.263. The van der Waals surface area contributed by atoms with Gasteiger partial charge in [-0.25, -0.2) is 4.79 Å². The van der Waals surface area contributed by atoms with Gasteiger partial charge in [0.25, 0.3) is 6.29 Å². The van der Waals surface area contributed by atoms with Crippen molar-refractivity contribution in [2.75, 3.05) is 52.9 Å². The average molecular weight is 364 g/mol. The molecule has 7 heteroatoms. The van der Waals surface area contributed by atoms with Gasteiger partial charge in [-0.3, -0.25) is 0 Å². The van der Waals surface area contributed by atoms with E-state index in [-0.39, 0.29) is 6.61 Å². The first-order valence-electron chi connectivity index (χ1n) is 9.41. The Morgan fingerprint density at radius 1 is 0.720 bits per heavy atom. The van der Waals surface area contributed by atoms with Crippen molar-refractivity contribution in [2.24, 2.45) is 0 Å². The van der Waals surface area contributed by atoms with E-state index in [4.69, 9.17) is 28.8 Å². The number of carboxylic acids is 1. The van der Waals surface area contributed by atoms with Crippen LogP contribution in [0.4, 0.5) is 0 Å². The second kappa shape index (κ2) is 19.6. The van der Waals surface area contributed by atoms with Crippen LogP contribution in [0.5, 0.6) is 0 Å². The fourth-order valence-corrected chi connectivity index (χ4v) is 2.06. The Morgan fingerprint density at radius 3 is 1.84 bits per heavy atom. The van der Waals surface area contributed by atoms with Gasteiger partial charge in [0, 0.05) is 6.61 Å². The van der Waals surface area contributed by atoms with Crippen LogP contribution >= 0.6 is 0 Å².